The van der Waals surface area contributed by atoms with Gasteiger partial charge in [0.2, 0.25) is 5.78 Å². The minimum absolute atomic E-state index is 0.171. The Morgan fingerprint density at radius 3 is 3.00 bits per heavy atom. The number of rotatable bonds is 2. The molecule has 74 valence electrons. The maximum Gasteiger partial charge on any atom is 0.212 e. The first-order chi connectivity index (χ1) is 7.20. The van der Waals surface area contributed by atoms with Gasteiger partial charge in [-0.3, -0.25) is 4.79 Å². The number of fused-ring (bicyclic) bond motifs is 1. The van der Waals surface area contributed by atoms with Crippen LogP contribution in [0.3, 0.4) is 0 Å². The largest absolute Gasteiger partial charge is 0.453 e. The quantitative estimate of drug-likeness (QED) is 0.594. The Labute approximate surface area is 85.9 Å². The first-order valence-electron chi connectivity index (χ1n) is 4.40. The molecule has 0 unspecified atom stereocenters. The molecule has 15 heavy (non-hydrogen) atoms. The molecular formula is C11H8N2O2. The van der Waals surface area contributed by atoms with Crippen LogP contribution >= 0.6 is 0 Å². The van der Waals surface area contributed by atoms with E-state index in [1.54, 1.807) is 30.3 Å². The van der Waals surface area contributed by atoms with E-state index in [0.717, 1.165) is 5.39 Å². The number of ketones is 1. The van der Waals surface area contributed by atoms with Gasteiger partial charge in [0.05, 0.1) is 6.07 Å². The molecule has 4 heteroatoms. The van der Waals surface area contributed by atoms with Crippen LogP contribution in [-0.4, -0.2) is 5.78 Å². The van der Waals surface area contributed by atoms with Crippen molar-refractivity contribution >= 4 is 22.4 Å². The third-order valence-electron chi connectivity index (χ3n) is 2.05. The highest BCUT2D eigenvalue weighted by Crippen LogP contribution is 2.22. The fourth-order valence-corrected chi connectivity index (χ4v) is 1.36. The molecule has 2 aromatic rings. The van der Waals surface area contributed by atoms with Gasteiger partial charge in [-0.05, 0) is 24.3 Å². The predicted molar refractivity (Wildman–Crippen MR) is 55.2 cm³/mol. The summed E-state index contributed by atoms with van der Waals surface area (Å²) in [6.07, 6.45) is -0.171. The Balaban J connectivity index is 2.48. The van der Waals surface area contributed by atoms with Crippen molar-refractivity contribution in [1.82, 2.24) is 0 Å². The molecule has 4 nitrogen and oxygen atoms in total. The summed E-state index contributed by atoms with van der Waals surface area (Å²) in [7, 11) is 0. The molecule has 0 fully saturated rings. The summed E-state index contributed by atoms with van der Waals surface area (Å²) in [6.45, 7) is 0. The highest BCUT2D eigenvalue weighted by Gasteiger charge is 2.11. The Bertz CT molecular complexity index is 563. The first-order valence-corrected chi connectivity index (χ1v) is 4.40. The van der Waals surface area contributed by atoms with Crippen LogP contribution in [0.4, 0.5) is 5.69 Å². The van der Waals surface area contributed by atoms with Crippen molar-refractivity contribution in [2.75, 3.05) is 5.73 Å². The molecule has 0 spiro atoms. The number of furan rings is 1. The number of nitriles is 1. The third-order valence-corrected chi connectivity index (χ3v) is 2.05. The molecule has 0 amide bonds. The highest BCUT2D eigenvalue weighted by atomic mass is 16.3. The minimum Gasteiger partial charge on any atom is -0.453 e. The number of carbonyl (C=O) groups excluding carboxylic acids is 1. The molecule has 0 saturated heterocycles. The van der Waals surface area contributed by atoms with Crippen LogP contribution in [0.5, 0.6) is 0 Å². The monoisotopic (exact) mass is 200 g/mol. The summed E-state index contributed by atoms with van der Waals surface area (Å²) in [5, 5.41) is 9.16. The van der Waals surface area contributed by atoms with E-state index < -0.39 is 0 Å². The zero-order valence-corrected chi connectivity index (χ0v) is 7.86. The third kappa shape index (κ3) is 1.67. The van der Waals surface area contributed by atoms with E-state index in [-0.39, 0.29) is 18.0 Å². The fourth-order valence-electron chi connectivity index (χ4n) is 1.36. The smallest absolute Gasteiger partial charge is 0.212 e. The number of hydrogen-bond donors (Lipinski definition) is 1. The molecule has 0 aliphatic carbocycles. The Morgan fingerprint density at radius 2 is 2.27 bits per heavy atom. The number of carbonyl (C=O) groups is 1. The average molecular weight is 200 g/mol. The topological polar surface area (TPSA) is 80.0 Å². The molecule has 0 saturated carbocycles. The van der Waals surface area contributed by atoms with E-state index >= 15 is 0 Å². The Hall–Kier alpha value is -2.28. The van der Waals surface area contributed by atoms with Crippen molar-refractivity contribution in [3.05, 3.63) is 30.0 Å². The van der Waals surface area contributed by atoms with Crippen LogP contribution < -0.4 is 5.73 Å². The molecule has 0 aliphatic heterocycles. The van der Waals surface area contributed by atoms with Crippen LogP contribution in [0.15, 0.2) is 28.7 Å². The van der Waals surface area contributed by atoms with E-state index in [1.165, 1.54) is 0 Å². The number of nitrogen functional groups attached to an aromatic ring is 1. The first kappa shape index (κ1) is 9.28. The number of benzene rings is 1. The molecular weight excluding hydrogens is 192 g/mol. The molecule has 1 aromatic heterocycles. The summed E-state index contributed by atoms with van der Waals surface area (Å²) in [5.74, 6) is -0.107. The van der Waals surface area contributed by atoms with Crippen molar-refractivity contribution in [2.45, 2.75) is 6.42 Å². The number of anilines is 1. The van der Waals surface area contributed by atoms with Gasteiger partial charge in [-0.1, -0.05) is 0 Å². The van der Waals surface area contributed by atoms with Crippen LogP contribution in [-0.2, 0) is 0 Å². The van der Waals surface area contributed by atoms with Gasteiger partial charge in [0.25, 0.3) is 0 Å². The van der Waals surface area contributed by atoms with E-state index in [0.29, 0.717) is 11.3 Å². The summed E-state index contributed by atoms with van der Waals surface area (Å²) in [6, 6.07) is 8.52. The summed E-state index contributed by atoms with van der Waals surface area (Å²) < 4.78 is 5.28. The van der Waals surface area contributed by atoms with Gasteiger partial charge in [-0.15, -0.1) is 0 Å². The zero-order chi connectivity index (χ0) is 10.8. The van der Waals surface area contributed by atoms with E-state index in [9.17, 15) is 4.79 Å². The molecule has 1 aromatic carbocycles. The zero-order valence-electron chi connectivity index (χ0n) is 7.86. The van der Waals surface area contributed by atoms with E-state index in [4.69, 9.17) is 15.4 Å². The lowest BCUT2D eigenvalue weighted by Crippen LogP contribution is -1.93. The summed E-state index contributed by atoms with van der Waals surface area (Å²) in [4.78, 5) is 11.4. The van der Waals surface area contributed by atoms with Gasteiger partial charge >= 0.3 is 0 Å². The van der Waals surface area contributed by atoms with Gasteiger partial charge < -0.3 is 10.2 Å². The van der Waals surface area contributed by atoms with Crippen LogP contribution in [0, 0.1) is 11.3 Å². The van der Waals surface area contributed by atoms with Crippen molar-refractivity contribution < 1.29 is 9.21 Å². The molecule has 1 heterocycles. The molecule has 0 bridgehead atoms. The molecule has 0 aliphatic rings. The van der Waals surface area contributed by atoms with Gasteiger partial charge in [0.15, 0.2) is 5.76 Å². The maximum absolute atomic E-state index is 11.4. The van der Waals surface area contributed by atoms with Crippen molar-refractivity contribution in [2.24, 2.45) is 0 Å². The van der Waals surface area contributed by atoms with E-state index in [1.807, 2.05) is 0 Å². The lowest BCUT2D eigenvalue weighted by molar-refractivity contribution is 0.0973. The second kappa shape index (κ2) is 3.46. The minimum atomic E-state index is -0.313. The highest BCUT2D eigenvalue weighted by molar-refractivity contribution is 5.98. The molecule has 2 rings (SSSR count). The van der Waals surface area contributed by atoms with Gasteiger partial charge in [-0.25, -0.2) is 0 Å². The second-order valence-electron chi connectivity index (χ2n) is 3.17. The molecule has 0 radical (unpaired) electrons. The second-order valence-corrected chi connectivity index (χ2v) is 3.17. The lowest BCUT2D eigenvalue weighted by Gasteiger charge is -1.89. The van der Waals surface area contributed by atoms with Crippen molar-refractivity contribution in [1.29, 1.82) is 5.26 Å². The van der Waals surface area contributed by atoms with Crippen LogP contribution in [0.25, 0.3) is 11.0 Å². The fraction of sp³-hybridized carbons (Fsp3) is 0.0909. The summed E-state index contributed by atoms with van der Waals surface area (Å²) >= 11 is 0. The molecule has 2 N–H and O–H groups in total. The van der Waals surface area contributed by atoms with Gasteiger partial charge in [0.1, 0.15) is 12.0 Å². The number of hydrogen-bond acceptors (Lipinski definition) is 4. The van der Waals surface area contributed by atoms with Gasteiger partial charge in [-0.2, -0.15) is 5.26 Å². The van der Waals surface area contributed by atoms with E-state index in [2.05, 4.69) is 0 Å². The number of Topliss-reactive ketones (excluding diaryl/α,β-unsaturated/α-hetero) is 1. The Kier molecular flexibility index (Phi) is 2.14. The average Bonchev–Trinajstić information content (AvgIpc) is 2.60. The van der Waals surface area contributed by atoms with Crippen molar-refractivity contribution in [3.63, 3.8) is 0 Å². The normalized spacial score (nSPS) is 10.1. The predicted octanol–water partition coefficient (Wildman–Crippen LogP) is 2.11. The Morgan fingerprint density at radius 1 is 1.47 bits per heavy atom. The van der Waals surface area contributed by atoms with Crippen LogP contribution in [0.1, 0.15) is 17.0 Å². The number of nitrogens with zero attached hydrogens (tertiary/aromatic N) is 1. The lowest BCUT2D eigenvalue weighted by atomic mass is 10.2. The SMILES string of the molecule is N#CCC(=O)c1cc2cc(N)ccc2o1. The van der Waals surface area contributed by atoms with Crippen LogP contribution in [0.2, 0.25) is 0 Å². The van der Waals surface area contributed by atoms with Crippen molar-refractivity contribution in [3.8, 4) is 6.07 Å². The van der Waals surface area contributed by atoms with Gasteiger partial charge in [0, 0.05) is 11.1 Å². The summed E-state index contributed by atoms with van der Waals surface area (Å²) in [5.41, 5.74) is 6.80. The molecule has 0 atom stereocenters. The standard InChI is InChI=1S/C11H8N2O2/c12-4-3-9(14)11-6-7-5-8(13)1-2-10(7)15-11/h1-2,5-6H,3,13H2. The maximum atomic E-state index is 11.4. The number of nitrogens with two attached hydrogens (primary N) is 1.